The Balaban J connectivity index is 2.03. The number of carbonyl (C=O) groups excluding carboxylic acids is 2. The predicted molar refractivity (Wildman–Crippen MR) is 95.3 cm³/mol. The number of benzene rings is 1. The number of hydrogen-bond donors (Lipinski definition) is 2. The number of aryl methyl sites for hydroxylation is 1. The number of carbonyl (C=O) groups is 2. The first-order valence-corrected chi connectivity index (χ1v) is 8.27. The van der Waals surface area contributed by atoms with Gasteiger partial charge in [-0.05, 0) is 36.6 Å². The van der Waals surface area contributed by atoms with Gasteiger partial charge in [0.1, 0.15) is 0 Å². The van der Waals surface area contributed by atoms with Crippen LogP contribution >= 0.6 is 0 Å². The lowest BCUT2D eigenvalue weighted by molar-refractivity contribution is 0.0953. The number of unbranched alkanes of at least 4 members (excludes halogenated alkanes) is 1. The van der Waals surface area contributed by atoms with Crippen molar-refractivity contribution in [3.63, 3.8) is 0 Å². The van der Waals surface area contributed by atoms with Gasteiger partial charge in [-0.25, -0.2) is 0 Å². The Morgan fingerprint density at radius 1 is 1.00 bits per heavy atom. The monoisotopic (exact) mass is 325 g/mol. The summed E-state index contributed by atoms with van der Waals surface area (Å²) in [7, 11) is 0. The van der Waals surface area contributed by atoms with Gasteiger partial charge in [0.25, 0.3) is 11.8 Å². The Bertz CT molecular complexity index is 696. The van der Waals surface area contributed by atoms with Crippen molar-refractivity contribution in [3.05, 3.63) is 59.4 Å². The van der Waals surface area contributed by atoms with Crippen molar-refractivity contribution in [2.45, 2.75) is 33.1 Å². The minimum atomic E-state index is -0.282. The highest BCUT2D eigenvalue weighted by Gasteiger charge is 2.11. The van der Waals surface area contributed by atoms with E-state index in [1.807, 2.05) is 24.3 Å². The van der Waals surface area contributed by atoms with E-state index in [9.17, 15) is 9.59 Å². The second kappa shape index (κ2) is 8.82. The molecule has 5 nitrogen and oxygen atoms in total. The van der Waals surface area contributed by atoms with Crippen LogP contribution in [0.4, 0.5) is 5.69 Å². The SMILES string of the molecule is CCCCNC(=O)c1cncc(C(=O)Nc2ccc(CC)cc2)c1. The maximum atomic E-state index is 12.3. The van der Waals surface area contributed by atoms with Crippen molar-refractivity contribution < 1.29 is 9.59 Å². The average molecular weight is 325 g/mol. The molecule has 2 rings (SSSR count). The first kappa shape index (κ1) is 17.7. The van der Waals surface area contributed by atoms with Gasteiger partial charge >= 0.3 is 0 Å². The van der Waals surface area contributed by atoms with Crippen LogP contribution in [0.3, 0.4) is 0 Å². The second-order valence-corrected chi connectivity index (χ2v) is 5.58. The molecular formula is C19H23N3O2. The Morgan fingerprint density at radius 3 is 2.29 bits per heavy atom. The van der Waals surface area contributed by atoms with Gasteiger partial charge in [-0.1, -0.05) is 32.4 Å². The molecule has 0 aliphatic heterocycles. The van der Waals surface area contributed by atoms with Gasteiger partial charge < -0.3 is 10.6 Å². The zero-order valence-electron chi connectivity index (χ0n) is 14.1. The number of hydrogen-bond acceptors (Lipinski definition) is 3. The van der Waals surface area contributed by atoms with Crippen molar-refractivity contribution in [1.29, 1.82) is 0 Å². The molecule has 2 amide bonds. The average Bonchev–Trinajstić information content (AvgIpc) is 2.62. The lowest BCUT2D eigenvalue weighted by Gasteiger charge is -2.08. The molecule has 1 heterocycles. The molecule has 24 heavy (non-hydrogen) atoms. The van der Waals surface area contributed by atoms with Crippen molar-refractivity contribution >= 4 is 17.5 Å². The van der Waals surface area contributed by atoms with Crippen LogP contribution in [0.5, 0.6) is 0 Å². The molecule has 0 fully saturated rings. The predicted octanol–water partition coefficient (Wildman–Crippen LogP) is 3.43. The largest absolute Gasteiger partial charge is 0.352 e. The van der Waals surface area contributed by atoms with Crippen LogP contribution in [0.15, 0.2) is 42.7 Å². The Labute approximate surface area is 142 Å². The highest BCUT2D eigenvalue weighted by molar-refractivity contribution is 6.05. The number of amides is 2. The summed E-state index contributed by atoms with van der Waals surface area (Å²) in [4.78, 5) is 28.4. The first-order chi connectivity index (χ1) is 11.6. The third kappa shape index (κ3) is 4.91. The van der Waals surface area contributed by atoms with E-state index in [0.717, 1.165) is 24.9 Å². The maximum absolute atomic E-state index is 12.3. The van der Waals surface area contributed by atoms with E-state index in [1.165, 1.54) is 18.0 Å². The quantitative estimate of drug-likeness (QED) is 0.766. The van der Waals surface area contributed by atoms with E-state index in [1.54, 1.807) is 6.07 Å². The minimum absolute atomic E-state index is 0.210. The van der Waals surface area contributed by atoms with Crippen LogP contribution in [0.2, 0.25) is 0 Å². The molecule has 2 aromatic rings. The summed E-state index contributed by atoms with van der Waals surface area (Å²) in [6.07, 6.45) is 5.81. The van der Waals surface area contributed by atoms with E-state index in [2.05, 4.69) is 29.5 Å². The second-order valence-electron chi connectivity index (χ2n) is 5.58. The zero-order valence-corrected chi connectivity index (χ0v) is 14.1. The van der Waals surface area contributed by atoms with Gasteiger partial charge in [-0.15, -0.1) is 0 Å². The molecule has 0 aliphatic carbocycles. The van der Waals surface area contributed by atoms with Crippen molar-refractivity contribution in [3.8, 4) is 0 Å². The molecular weight excluding hydrogens is 302 g/mol. The summed E-state index contributed by atoms with van der Waals surface area (Å²) in [5.74, 6) is -0.493. The third-order valence-corrected chi connectivity index (χ3v) is 3.70. The van der Waals surface area contributed by atoms with Gasteiger partial charge in [0, 0.05) is 24.6 Å². The molecule has 1 aromatic carbocycles. The van der Waals surface area contributed by atoms with Crippen LogP contribution in [-0.4, -0.2) is 23.3 Å². The number of pyridine rings is 1. The fourth-order valence-electron chi connectivity index (χ4n) is 2.20. The fraction of sp³-hybridized carbons (Fsp3) is 0.316. The molecule has 0 aliphatic rings. The minimum Gasteiger partial charge on any atom is -0.352 e. The molecule has 0 saturated carbocycles. The Hall–Kier alpha value is -2.69. The van der Waals surface area contributed by atoms with E-state index in [4.69, 9.17) is 0 Å². The van der Waals surface area contributed by atoms with Crippen LogP contribution in [-0.2, 0) is 6.42 Å². The lowest BCUT2D eigenvalue weighted by Crippen LogP contribution is -2.25. The summed E-state index contributed by atoms with van der Waals surface area (Å²) in [5.41, 5.74) is 2.67. The summed E-state index contributed by atoms with van der Waals surface area (Å²) >= 11 is 0. The van der Waals surface area contributed by atoms with Gasteiger partial charge in [0.2, 0.25) is 0 Å². The van der Waals surface area contributed by atoms with Crippen molar-refractivity contribution in [1.82, 2.24) is 10.3 Å². The lowest BCUT2D eigenvalue weighted by atomic mass is 10.1. The van der Waals surface area contributed by atoms with Gasteiger partial charge in [0.05, 0.1) is 11.1 Å². The number of nitrogens with zero attached hydrogens (tertiary/aromatic N) is 1. The normalized spacial score (nSPS) is 10.2. The molecule has 126 valence electrons. The number of aromatic nitrogens is 1. The molecule has 0 spiro atoms. The van der Waals surface area contributed by atoms with E-state index < -0.39 is 0 Å². The first-order valence-electron chi connectivity index (χ1n) is 8.27. The number of rotatable bonds is 7. The Kier molecular flexibility index (Phi) is 6.49. The Morgan fingerprint density at radius 2 is 1.67 bits per heavy atom. The van der Waals surface area contributed by atoms with Crippen LogP contribution in [0.25, 0.3) is 0 Å². The van der Waals surface area contributed by atoms with Gasteiger partial charge in [-0.2, -0.15) is 0 Å². The summed E-state index contributed by atoms with van der Waals surface area (Å²) in [5, 5.41) is 5.64. The zero-order chi connectivity index (χ0) is 17.4. The summed E-state index contributed by atoms with van der Waals surface area (Å²) in [6.45, 7) is 4.76. The molecule has 0 bridgehead atoms. The molecule has 5 heteroatoms. The highest BCUT2D eigenvalue weighted by Crippen LogP contribution is 2.12. The van der Waals surface area contributed by atoms with Crippen LogP contribution in [0.1, 0.15) is 53.0 Å². The van der Waals surface area contributed by atoms with Gasteiger partial charge in [0.15, 0.2) is 0 Å². The molecule has 0 radical (unpaired) electrons. The van der Waals surface area contributed by atoms with E-state index in [-0.39, 0.29) is 11.8 Å². The molecule has 2 N–H and O–H groups in total. The molecule has 0 atom stereocenters. The van der Waals surface area contributed by atoms with Crippen molar-refractivity contribution in [2.24, 2.45) is 0 Å². The third-order valence-electron chi connectivity index (χ3n) is 3.70. The highest BCUT2D eigenvalue weighted by atomic mass is 16.2. The summed E-state index contributed by atoms with van der Waals surface area (Å²) < 4.78 is 0. The standard InChI is InChI=1S/C19H23N3O2/c1-3-5-10-21-18(23)15-11-16(13-20-12-15)19(24)22-17-8-6-14(4-2)7-9-17/h6-9,11-13H,3-5,10H2,1-2H3,(H,21,23)(H,22,24). The molecule has 1 aromatic heterocycles. The maximum Gasteiger partial charge on any atom is 0.257 e. The summed E-state index contributed by atoms with van der Waals surface area (Å²) in [6, 6.07) is 9.25. The van der Waals surface area contributed by atoms with Crippen LogP contribution < -0.4 is 10.6 Å². The smallest absolute Gasteiger partial charge is 0.257 e. The molecule has 0 unspecified atom stereocenters. The van der Waals surface area contributed by atoms with E-state index >= 15 is 0 Å². The number of anilines is 1. The fourth-order valence-corrected chi connectivity index (χ4v) is 2.20. The van der Waals surface area contributed by atoms with E-state index in [0.29, 0.717) is 17.7 Å². The van der Waals surface area contributed by atoms with Crippen molar-refractivity contribution in [2.75, 3.05) is 11.9 Å². The van der Waals surface area contributed by atoms with Crippen LogP contribution in [0, 0.1) is 0 Å². The van der Waals surface area contributed by atoms with Gasteiger partial charge in [-0.3, -0.25) is 14.6 Å². The number of nitrogens with one attached hydrogen (secondary N) is 2. The topological polar surface area (TPSA) is 71.1 Å². The molecule has 0 saturated heterocycles.